The second-order valence-corrected chi connectivity index (χ2v) is 9.99. The minimum absolute atomic E-state index is 0.0842. The van der Waals surface area contributed by atoms with Crippen LogP contribution in [-0.2, 0) is 9.59 Å². The van der Waals surface area contributed by atoms with Crippen LogP contribution in [0, 0.1) is 13.8 Å². The van der Waals surface area contributed by atoms with Gasteiger partial charge in [0.2, 0.25) is 0 Å². The van der Waals surface area contributed by atoms with Crippen molar-refractivity contribution in [2.45, 2.75) is 26.8 Å². The average Bonchev–Trinajstić information content (AvgIpc) is 3.43. The fourth-order valence-electron chi connectivity index (χ4n) is 4.70. The number of phenols is 1. The predicted octanol–water partition coefficient (Wildman–Crippen LogP) is 5.65. The number of fused-ring (bicyclic) bond motifs is 1. The number of thiazole rings is 1. The molecule has 38 heavy (non-hydrogen) atoms. The first kappa shape index (κ1) is 25.3. The lowest BCUT2D eigenvalue weighted by molar-refractivity contribution is -0.132. The Labute approximate surface area is 223 Å². The minimum Gasteiger partial charge on any atom is -0.507 e. The molecule has 2 N–H and O–H groups in total. The van der Waals surface area contributed by atoms with Crippen molar-refractivity contribution in [3.05, 3.63) is 82.4 Å². The fourth-order valence-corrected chi connectivity index (χ4v) is 5.87. The second kappa shape index (κ2) is 9.83. The van der Waals surface area contributed by atoms with Gasteiger partial charge in [-0.3, -0.25) is 14.5 Å². The molecule has 1 aliphatic heterocycles. The van der Waals surface area contributed by atoms with Crippen LogP contribution in [0.3, 0.4) is 0 Å². The molecule has 1 unspecified atom stereocenters. The van der Waals surface area contributed by atoms with E-state index in [-0.39, 0.29) is 22.8 Å². The van der Waals surface area contributed by atoms with Gasteiger partial charge in [-0.2, -0.15) is 0 Å². The predicted molar refractivity (Wildman–Crippen MR) is 146 cm³/mol. The van der Waals surface area contributed by atoms with E-state index in [0.717, 1.165) is 21.3 Å². The van der Waals surface area contributed by atoms with Crippen molar-refractivity contribution < 1.29 is 29.3 Å². The van der Waals surface area contributed by atoms with Crippen molar-refractivity contribution in [3.63, 3.8) is 0 Å². The Balaban J connectivity index is 1.72. The Morgan fingerprint density at radius 2 is 1.82 bits per heavy atom. The number of aliphatic hydroxyl groups excluding tert-OH is 1. The molecule has 0 radical (unpaired) electrons. The topological polar surface area (TPSA) is 109 Å². The summed E-state index contributed by atoms with van der Waals surface area (Å²) in [6, 6.07) is 14.2. The number of nitrogens with zero attached hydrogens (tertiary/aromatic N) is 2. The number of hydrogen-bond donors (Lipinski definition) is 2. The summed E-state index contributed by atoms with van der Waals surface area (Å²) in [4.78, 5) is 33.0. The summed E-state index contributed by atoms with van der Waals surface area (Å²) < 4.78 is 11.7. The van der Waals surface area contributed by atoms with Crippen LogP contribution in [0.1, 0.15) is 35.2 Å². The first-order valence-corrected chi connectivity index (χ1v) is 12.8. The quantitative estimate of drug-likeness (QED) is 0.188. The Morgan fingerprint density at radius 1 is 1.08 bits per heavy atom. The van der Waals surface area contributed by atoms with E-state index in [4.69, 9.17) is 14.5 Å². The van der Waals surface area contributed by atoms with E-state index in [9.17, 15) is 19.8 Å². The molecule has 8 nitrogen and oxygen atoms in total. The highest BCUT2D eigenvalue weighted by molar-refractivity contribution is 7.22. The number of aryl methyl sites for hydroxylation is 2. The molecule has 0 saturated carbocycles. The molecule has 1 fully saturated rings. The number of benzene rings is 3. The number of Topliss-reactive ketones (excluding diaryl/α,β-unsaturated/α-hetero) is 1. The highest BCUT2D eigenvalue weighted by Crippen LogP contribution is 2.46. The summed E-state index contributed by atoms with van der Waals surface area (Å²) in [5.41, 5.74) is 3.50. The number of phenolic OH excluding ortho intramolecular Hbond substituents is 1. The third-order valence-corrected chi connectivity index (χ3v) is 7.43. The molecule has 0 aliphatic carbocycles. The number of aromatic hydroxyl groups is 1. The average molecular weight is 531 g/mol. The van der Waals surface area contributed by atoms with Crippen LogP contribution in [0.2, 0.25) is 0 Å². The van der Waals surface area contributed by atoms with E-state index in [1.54, 1.807) is 36.4 Å². The van der Waals surface area contributed by atoms with Gasteiger partial charge in [-0.25, -0.2) is 4.98 Å². The third-order valence-electron chi connectivity index (χ3n) is 6.43. The number of ether oxygens (including phenoxy) is 2. The standard InChI is InChI=1S/C29H26N2O6S/c1-5-37-19-9-6-17(7-10-19)26(33)23-25(18-8-11-20(32)21(14-18)36-4)31(28(35)27(23)34)29-30-24-16(3)12-15(2)13-22(24)38-29/h6-14,25,32-33H,5H2,1-4H3/b26-23+. The van der Waals surface area contributed by atoms with Gasteiger partial charge in [0.15, 0.2) is 16.6 Å². The number of methoxy groups -OCH3 is 1. The monoisotopic (exact) mass is 530 g/mol. The van der Waals surface area contributed by atoms with E-state index in [2.05, 4.69) is 0 Å². The number of amides is 1. The van der Waals surface area contributed by atoms with Gasteiger partial charge in [-0.1, -0.05) is 23.5 Å². The highest BCUT2D eigenvalue weighted by Gasteiger charge is 2.48. The maximum Gasteiger partial charge on any atom is 0.301 e. The van der Waals surface area contributed by atoms with E-state index < -0.39 is 17.7 Å². The SMILES string of the molecule is CCOc1ccc(/C(O)=C2\C(=O)C(=O)N(c3nc4c(C)cc(C)cc4s3)C2c2ccc(O)c(OC)c2)cc1. The Hall–Kier alpha value is -4.37. The van der Waals surface area contributed by atoms with Gasteiger partial charge in [0, 0.05) is 5.56 Å². The summed E-state index contributed by atoms with van der Waals surface area (Å²) in [6.07, 6.45) is 0. The number of aliphatic hydroxyl groups is 1. The summed E-state index contributed by atoms with van der Waals surface area (Å²) in [7, 11) is 1.41. The second-order valence-electron chi connectivity index (χ2n) is 8.98. The molecule has 1 saturated heterocycles. The summed E-state index contributed by atoms with van der Waals surface area (Å²) in [5, 5.41) is 21.9. The van der Waals surface area contributed by atoms with Crippen LogP contribution in [-0.4, -0.2) is 40.6 Å². The van der Waals surface area contributed by atoms with Gasteiger partial charge < -0.3 is 19.7 Å². The zero-order chi connectivity index (χ0) is 27.1. The molecule has 4 aromatic rings. The highest BCUT2D eigenvalue weighted by atomic mass is 32.1. The van der Waals surface area contributed by atoms with Crippen molar-refractivity contribution >= 4 is 44.1 Å². The number of carbonyl (C=O) groups is 2. The van der Waals surface area contributed by atoms with E-state index in [1.165, 1.54) is 29.4 Å². The normalized spacial score (nSPS) is 16.8. The Kier molecular flexibility index (Phi) is 6.54. The van der Waals surface area contributed by atoms with Crippen molar-refractivity contribution in [2.75, 3.05) is 18.6 Å². The number of carbonyl (C=O) groups excluding carboxylic acids is 2. The number of aromatic nitrogens is 1. The van der Waals surface area contributed by atoms with E-state index in [0.29, 0.717) is 28.6 Å². The summed E-state index contributed by atoms with van der Waals surface area (Å²) in [6.45, 7) is 6.28. The van der Waals surface area contributed by atoms with Crippen molar-refractivity contribution in [2.24, 2.45) is 0 Å². The van der Waals surface area contributed by atoms with E-state index in [1.807, 2.05) is 32.9 Å². The van der Waals surface area contributed by atoms with Crippen molar-refractivity contribution in [1.82, 2.24) is 4.98 Å². The Bertz CT molecular complexity index is 1610. The molecule has 194 valence electrons. The van der Waals surface area contributed by atoms with Crippen molar-refractivity contribution in [1.29, 1.82) is 0 Å². The van der Waals surface area contributed by atoms with Gasteiger partial charge >= 0.3 is 5.91 Å². The Morgan fingerprint density at radius 3 is 2.50 bits per heavy atom. The number of anilines is 1. The largest absolute Gasteiger partial charge is 0.507 e. The summed E-state index contributed by atoms with van der Waals surface area (Å²) >= 11 is 1.30. The maximum atomic E-state index is 13.5. The lowest BCUT2D eigenvalue weighted by atomic mass is 9.95. The van der Waals surface area contributed by atoms with Gasteiger partial charge in [0.1, 0.15) is 11.5 Å². The molecule has 5 rings (SSSR count). The van der Waals surface area contributed by atoms with Gasteiger partial charge in [-0.15, -0.1) is 0 Å². The third kappa shape index (κ3) is 4.24. The molecule has 0 bridgehead atoms. The molecule has 1 aromatic heterocycles. The molecule has 1 amide bonds. The van der Waals surface area contributed by atoms with E-state index >= 15 is 0 Å². The molecule has 9 heteroatoms. The summed E-state index contributed by atoms with van der Waals surface area (Å²) in [5.74, 6) is -1.26. The van der Waals surface area contributed by atoms with Gasteiger partial charge in [0.25, 0.3) is 5.78 Å². The zero-order valence-corrected chi connectivity index (χ0v) is 22.1. The molecular weight excluding hydrogens is 504 g/mol. The molecular formula is C29H26N2O6S. The fraction of sp³-hybridized carbons (Fsp3) is 0.207. The smallest absolute Gasteiger partial charge is 0.301 e. The first-order chi connectivity index (χ1) is 18.2. The molecule has 3 aromatic carbocycles. The zero-order valence-electron chi connectivity index (χ0n) is 21.3. The first-order valence-electron chi connectivity index (χ1n) is 12.0. The molecule has 0 spiro atoms. The molecule has 1 aliphatic rings. The van der Waals surface area contributed by atoms with Crippen LogP contribution >= 0.6 is 11.3 Å². The van der Waals surface area contributed by atoms with Crippen LogP contribution in [0.15, 0.2) is 60.2 Å². The molecule has 1 atom stereocenters. The van der Waals surface area contributed by atoms with Gasteiger partial charge in [-0.05, 0) is 79.9 Å². The minimum atomic E-state index is -1.00. The maximum absolute atomic E-state index is 13.5. The molecule has 2 heterocycles. The van der Waals surface area contributed by atoms with Gasteiger partial charge in [0.05, 0.1) is 35.5 Å². The number of ketones is 1. The van der Waals surface area contributed by atoms with Crippen LogP contribution < -0.4 is 14.4 Å². The lowest BCUT2D eigenvalue weighted by Gasteiger charge is -2.23. The number of rotatable bonds is 6. The van der Waals surface area contributed by atoms with Crippen LogP contribution in [0.25, 0.3) is 16.0 Å². The number of hydrogen-bond acceptors (Lipinski definition) is 8. The van der Waals surface area contributed by atoms with Crippen LogP contribution in [0.5, 0.6) is 17.2 Å². The lowest BCUT2D eigenvalue weighted by Crippen LogP contribution is -2.29. The van der Waals surface area contributed by atoms with Crippen LogP contribution in [0.4, 0.5) is 5.13 Å². The van der Waals surface area contributed by atoms with Crippen molar-refractivity contribution in [3.8, 4) is 17.2 Å².